The van der Waals surface area contributed by atoms with E-state index in [1.165, 1.54) is 55.5 Å². The van der Waals surface area contributed by atoms with Crippen LogP contribution in [-0.4, -0.2) is 51.9 Å². The SMILES string of the molecule is CNC(=O)C(Cc1ccccc1)N(Cc1ccc(C)cc1)C(=O)CN(c1ccc(F)cc1)S(=O)(=O)c1ccc(OC)cc1. The van der Waals surface area contributed by atoms with Gasteiger partial charge in [-0.05, 0) is 66.6 Å². The quantitative estimate of drug-likeness (QED) is 0.253. The zero-order valence-corrected chi connectivity index (χ0v) is 25.1. The first-order valence-corrected chi connectivity index (χ1v) is 15.1. The van der Waals surface area contributed by atoms with Crippen molar-refractivity contribution in [1.82, 2.24) is 10.2 Å². The molecule has 4 aromatic carbocycles. The van der Waals surface area contributed by atoms with E-state index in [1.54, 1.807) is 0 Å². The summed E-state index contributed by atoms with van der Waals surface area (Å²) in [4.78, 5) is 28.8. The Hall–Kier alpha value is -4.70. The number of rotatable bonds is 12. The van der Waals surface area contributed by atoms with Gasteiger partial charge in [0.15, 0.2) is 0 Å². The van der Waals surface area contributed by atoms with Crippen LogP contribution in [0.1, 0.15) is 16.7 Å². The summed E-state index contributed by atoms with van der Waals surface area (Å²) in [6, 6.07) is 26.5. The predicted octanol–water partition coefficient (Wildman–Crippen LogP) is 4.72. The molecule has 0 spiro atoms. The van der Waals surface area contributed by atoms with Crippen molar-refractivity contribution < 1.29 is 27.1 Å². The fourth-order valence-corrected chi connectivity index (χ4v) is 6.04. The third kappa shape index (κ3) is 7.78. The second kappa shape index (κ2) is 14.0. The number of benzene rings is 4. The summed E-state index contributed by atoms with van der Waals surface area (Å²) in [6.07, 6.45) is 0.208. The van der Waals surface area contributed by atoms with Crippen molar-refractivity contribution >= 4 is 27.5 Å². The number of carbonyl (C=O) groups excluding carboxylic acids is 2. The maximum absolute atomic E-state index is 14.2. The average molecular weight is 604 g/mol. The van der Waals surface area contributed by atoms with Crippen LogP contribution in [0.15, 0.2) is 108 Å². The molecule has 1 unspecified atom stereocenters. The lowest BCUT2D eigenvalue weighted by atomic mass is 10.0. The molecule has 0 fully saturated rings. The summed E-state index contributed by atoms with van der Waals surface area (Å²) < 4.78 is 47.9. The minimum atomic E-state index is -4.30. The summed E-state index contributed by atoms with van der Waals surface area (Å²) >= 11 is 0. The van der Waals surface area contributed by atoms with Gasteiger partial charge >= 0.3 is 0 Å². The van der Waals surface area contributed by atoms with E-state index in [9.17, 15) is 22.4 Å². The van der Waals surface area contributed by atoms with Crippen molar-refractivity contribution in [2.45, 2.75) is 30.8 Å². The summed E-state index contributed by atoms with van der Waals surface area (Å²) in [5.41, 5.74) is 2.73. The number of sulfonamides is 1. The van der Waals surface area contributed by atoms with Gasteiger partial charge in [-0.1, -0.05) is 60.2 Å². The summed E-state index contributed by atoms with van der Waals surface area (Å²) in [6.45, 7) is 1.37. The van der Waals surface area contributed by atoms with Gasteiger partial charge in [0.1, 0.15) is 24.2 Å². The number of anilines is 1. The number of nitrogens with zero attached hydrogens (tertiary/aromatic N) is 2. The molecule has 4 aromatic rings. The summed E-state index contributed by atoms with van der Waals surface area (Å²) in [5.74, 6) is -1.09. The van der Waals surface area contributed by atoms with Crippen molar-refractivity contribution in [3.05, 3.63) is 126 Å². The van der Waals surface area contributed by atoms with Gasteiger partial charge in [0.2, 0.25) is 11.8 Å². The number of likely N-dealkylation sites (N-methyl/N-ethyl adjacent to an activating group) is 1. The van der Waals surface area contributed by atoms with Crippen molar-refractivity contribution in [3.63, 3.8) is 0 Å². The monoisotopic (exact) mass is 603 g/mol. The lowest BCUT2D eigenvalue weighted by Crippen LogP contribution is -2.53. The van der Waals surface area contributed by atoms with Crippen LogP contribution in [0.2, 0.25) is 0 Å². The Balaban J connectivity index is 1.77. The van der Waals surface area contributed by atoms with Crippen molar-refractivity contribution in [1.29, 1.82) is 0 Å². The van der Waals surface area contributed by atoms with Gasteiger partial charge in [-0.2, -0.15) is 0 Å². The van der Waals surface area contributed by atoms with Gasteiger partial charge < -0.3 is 15.0 Å². The molecular weight excluding hydrogens is 569 g/mol. The molecule has 0 bridgehead atoms. The number of hydrogen-bond acceptors (Lipinski definition) is 5. The Morgan fingerprint density at radius 3 is 2.07 bits per heavy atom. The molecule has 4 rings (SSSR count). The van der Waals surface area contributed by atoms with Crippen LogP contribution in [0.4, 0.5) is 10.1 Å². The number of hydrogen-bond donors (Lipinski definition) is 1. The minimum absolute atomic E-state index is 0.0594. The van der Waals surface area contributed by atoms with Crippen LogP contribution in [-0.2, 0) is 32.6 Å². The maximum atomic E-state index is 14.2. The van der Waals surface area contributed by atoms with Gasteiger partial charge in [0.05, 0.1) is 17.7 Å². The number of nitrogens with one attached hydrogen (secondary N) is 1. The minimum Gasteiger partial charge on any atom is -0.497 e. The highest BCUT2D eigenvalue weighted by Crippen LogP contribution is 2.26. The molecule has 0 heterocycles. The molecule has 10 heteroatoms. The molecule has 2 amide bonds. The third-order valence-corrected chi connectivity index (χ3v) is 8.82. The van der Waals surface area contributed by atoms with Crippen LogP contribution in [0.5, 0.6) is 5.75 Å². The molecule has 0 saturated carbocycles. The number of methoxy groups -OCH3 is 1. The molecule has 0 aromatic heterocycles. The lowest BCUT2D eigenvalue weighted by Gasteiger charge is -2.33. The molecule has 0 aliphatic rings. The van der Waals surface area contributed by atoms with E-state index in [0.717, 1.165) is 33.1 Å². The van der Waals surface area contributed by atoms with E-state index in [-0.39, 0.29) is 23.5 Å². The molecule has 1 atom stereocenters. The van der Waals surface area contributed by atoms with Crippen molar-refractivity contribution in [2.75, 3.05) is 25.0 Å². The topological polar surface area (TPSA) is 96.0 Å². The molecule has 0 radical (unpaired) electrons. The largest absolute Gasteiger partial charge is 0.497 e. The number of aryl methyl sites for hydroxylation is 1. The number of amides is 2. The zero-order chi connectivity index (χ0) is 31.0. The van der Waals surface area contributed by atoms with Gasteiger partial charge in [0, 0.05) is 20.0 Å². The van der Waals surface area contributed by atoms with E-state index in [1.807, 2.05) is 61.5 Å². The van der Waals surface area contributed by atoms with Gasteiger partial charge in [-0.3, -0.25) is 13.9 Å². The van der Waals surface area contributed by atoms with E-state index in [4.69, 9.17) is 4.74 Å². The summed E-state index contributed by atoms with van der Waals surface area (Å²) in [5, 5.41) is 2.66. The average Bonchev–Trinajstić information content (AvgIpc) is 3.03. The van der Waals surface area contributed by atoms with Crippen LogP contribution in [0.3, 0.4) is 0 Å². The summed E-state index contributed by atoms with van der Waals surface area (Å²) in [7, 11) is -1.34. The molecule has 1 N–H and O–H groups in total. The number of ether oxygens (including phenoxy) is 1. The van der Waals surface area contributed by atoms with Gasteiger partial charge in [-0.25, -0.2) is 12.8 Å². The Kier molecular flexibility index (Phi) is 10.2. The van der Waals surface area contributed by atoms with Crippen LogP contribution >= 0.6 is 0 Å². The normalized spacial score (nSPS) is 11.8. The van der Waals surface area contributed by atoms with E-state index < -0.39 is 40.2 Å². The Bertz CT molecular complexity index is 1630. The predicted molar refractivity (Wildman–Crippen MR) is 164 cm³/mol. The first-order valence-electron chi connectivity index (χ1n) is 13.6. The van der Waals surface area contributed by atoms with E-state index in [0.29, 0.717) is 5.75 Å². The molecule has 224 valence electrons. The lowest BCUT2D eigenvalue weighted by molar-refractivity contribution is -0.139. The number of carbonyl (C=O) groups is 2. The molecule has 0 aliphatic heterocycles. The van der Waals surface area contributed by atoms with Crippen LogP contribution in [0, 0.1) is 12.7 Å². The first-order chi connectivity index (χ1) is 20.6. The fraction of sp³-hybridized carbons (Fsp3) is 0.212. The van der Waals surface area contributed by atoms with Crippen LogP contribution in [0.25, 0.3) is 0 Å². The van der Waals surface area contributed by atoms with E-state index >= 15 is 0 Å². The molecule has 0 saturated heterocycles. The first kappa shape index (κ1) is 31.2. The highest BCUT2D eigenvalue weighted by atomic mass is 32.2. The highest BCUT2D eigenvalue weighted by Gasteiger charge is 2.34. The standard InChI is InChI=1S/C33H34FN3O5S/c1-24-9-11-26(12-10-24)22-36(31(33(39)35-2)21-25-7-5-4-6-8-25)32(38)23-37(28-15-13-27(34)14-16-28)43(40,41)30-19-17-29(42-3)18-20-30/h4-20,31H,21-23H2,1-3H3,(H,35,39). The van der Waals surface area contributed by atoms with Crippen molar-refractivity contribution in [2.24, 2.45) is 0 Å². The number of halogens is 1. The van der Waals surface area contributed by atoms with E-state index in [2.05, 4.69) is 5.32 Å². The molecular formula is C33H34FN3O5S. The molecule has 43 heavy (non-hydrogen) atoms. The maximum Gasteiger partial charge on any atom is 0.264 e. The smallest absolute Gasteiger partial charge is 0.264 e. The molecule has 0 aliphatic carbocycles. The second-order valence-corrected chi connectivity index (χ2v) is 11.9. The fourth-order valence-electron chi connectivity index (χ4n) is 4.62. The second-order valence-electron chi connectivity index (χ2n) is 9.99. The van der Waals surface area contributed by atoms with Gasteiger partial charge in [0.25, 0.3) is 10.0 Å². The Morgan fingerprint density at radius 1 is 0.860 bits per heavy atom. The third-order valence-electron chi connectivity index (χ3n) is 7.03. The highest BCUT2D eigenvalue weighted by molar-refractivity contribution is 7.92. The van der Waals surface area contributed by atoms with Crippen molar-refractivity contribution in [3.8, 4) is 5.75 Å². The van der Waals surface area contributed by atoms with Gasteiger partial charge in [-0.15, -0.1) is 0 Å². The van der Waals surface area contributed by atoms with Crippen LogP contribution < -0.4 is 14.4 Å². The molecule has 8 nitrogen and oxygen atoms in total. The Labute approximate surface area is 251 Å². The Morgan fingerprint density at radius 2 is 1.49 bits per heavy atom. The zero-order valence-electron chi connectivity index (χ0n) is 24.2.